The highest BCUT2D eigenvalue weighted by molar-refractivity contribution is 7.52. The first-order valence-corrected chi connectivity index (χ1v) is 16.7. The maximum Gasteiger partial charge on any atom is 0.459 e. The lowest BCUT2D eigenvalue weighted by Gasteiger charge is -2.35. The van der Waals surface area contributed by atoms with Crippen LogP contribution in [0, 0.1) is 0 Å². The van der Waals surface area contributed by atoms with E-state index in [2.05, 4.69) is 21.6 Å². The minimum atomic E-state index is -4.13. The fraction of sp³-hybridized carbons (Fsp3) is 0.469. The van der Waals surface area contributed by atoms with Gasteiger partial charge in [0.2, 0.25) is 0 Å². The number of nitrogens with two attached hydrogens (primary N) is 1. The maximum absolute atomic E-state index is 14.4. The molecule has 0 aliphatic heterocycles. The van der Waals surface area contributed by atoms with E-state index in [1.165, 1.54) is 0 Å². The molecule has 12 heteroatoms. The van der Waals surface area contributed by atoms with Gasteiger partial charge in [0, 0.05) is 12.0 Å². The summed E-state index contributed by atoms with van der Waals surface area (Å²) in [6.07, 6.45) is 2.08. The molecule has 3 atom stereocenters. The highest BCUT2D eigenvalue weighted by Crippen LogP contribution is 2.47. The Kier molecular flexibility index (Phi) is 11.0. The zero-order valence-corrected chi connectivity index (χ0v) is 27.3. The fourth-order valence-electron chi connectivity index (χ4n) is 5.08. The summed E-state index contributed by atoms with van der Waals surface area (Å²) in [7, 11) is -4.13. The first-order chi connectivity index (χ1) is 21.0. The van der Waals surface area contributed by atoms with Gasteiger partial charge < -0.3 is 24.3 Å². The molecular formula is C32H44N5O6P. The molecule has 238 valence electrons. The van der Waals surface area contributed by atoms with Crippen molar-refractivity contribution in [1.82, 2.24) is 19.6 Å². The van der Waals surface area contributed by atoms with E-state index in [0.29, 0.717) is 35.9 Å². The van der Waals surface area contributed by atoms with Crippen LogP contribution in [0.15, 0.2) is 54.6 Å². The molecule has 11 nitrogen and oxygen atoms in total. The summed E-state index contributed by atoms with van der Waals surface area (Å²) >= 11 is 0. The van der Waals surface area contributed by atoms with Gasteiger partial charge in [0.15, 0.2) is 5.82 Å². The van der Waals surface area contributed by atoms with Crippen molar-refractivity contribution in [3.63, 3.8) is 0 Å². The number of ether oxygens (including phenoxy) is 2. The van der Waals surface area contributed by atoms with Gasteiger partial charge in [0.25, 0.3) is 0 Å². The monoisotopic (exact) mass is 625 g/mol. The molecule has 0 amide bonds. The number of unbranched alkanes of at least 4 members (excludes halogenated alkanes) is 1. The number of imidazole rings is 1. The summed E-state index contributed by atoms with van der Waals surface area (Å²) < 4.78 is 39.9. The number of pyridine rings is 1. The Morgan fingerprint density at radius 1 is 1.07 bits per heavy atom. The number of hydrogen-bond acceptors (Lipinski definition) is 9. The van der Waals surface area contributed by atoms with E-state index < -0.39 is 25.3 Å². The summed E-state index contributed by atoms with van der Waals surface area (Å²) in [5.41, 5.74) is 7.75. The summed E-state index contributed by atoms with van der Waals surface area (Å²) in [5, 5.41) is 3.68. The largest absolute Gasteiger partial charge is 0.462 e. The topological polar surface area (TPSA) is 140 Å². The molecule has 0 aliphatic rings. The highest BCUT2D eigenvalue weighted by atomic mass is 31.2. The van der Waals surface area contributed by atoms with E-state index >= 15 is 0 Å². The summed E-state index contributed by atoms with van der Waals surface area (Å²) in [5.74, 6) is 0.724. The van der Waals surface area contributed by atoms with Crippen LogP contribution in [-0.2, 0) is 35.5 Å². The molecule has 0 bridgehead atoms. The number of para-hydroxylation sites is 2. The average molecular weight is 626 g/mol. The van der Waals surface area contributed by atoms with Crippen molar-refractivity contribution >= 4 is 41.5 Å². The van der Waals surface area contributed by atoms with Gasteiger partial charge in [-0.3, -0.25) is 9.32 Å². The Balaban J connectivity index is 1.81. The van der Waals surface area contributed by atoms with E-state index in [1.54, 1.807) is 45.0 Å². The van der Waals surface area contributed by atoms with E-state index in [1.807, 2.05) is 44.2 Å². The average Bonchev–Trinajstić information content (AvgIpc) is 3.39. The lowest BCUT2D eigenvalue weighted by molar-refractivity contribution is -0.149. The quantitative estimate of drug-likeness (QED) is 0.102. The molecule has 1 unspecified atom stereocenters. The summed E-state index contributed by atoms with van der Waals surface area (Å²) in [4.78, 5) is 22.2. The second kappa shape index (κ2) is 14.5. The third-order valence-corrected chi connectivity index (χ3v) is 8.83. The van der Waals surface area contributed by atoms with Gasteiger partial charge in [-0.15, -0.1) is 0 Å². The number of benzene rings is 2. The SMILES string of the molecule is CCCCC(C)(CO[P@](=O)(N[C@@H](C)C(=O)OC(C)C)Oc1ccccc1)n1c(COCC)nc2c(N)nc3ccccc3c21. The predicted octanol–water partition coefficient (Wildman–Crippen LogP) is 6.74. The molecule has 2 heterocycles. The third kappa shape index (κ3) is 7.77. The van der Waals surface area contributed by atoms with Gasteiger partial charge >= 0.3 is 13.7 Å². The number of carbonyl (C=O) groups is 1. The van der Waals surface area contributed by atoms with Crippen LogP contribution < -0.4 is 15.3 Å². The number of aromatic nitrogens is 3. The lowest BCUT2D eigenvalue weighted by Crippen LogP contribution is -2.40. The normalized spacial score (nSPS) is 15.2. The minimum absolute atomic E-state index is 0.0444. The summed E-state index contributed by atoms with van der Waals surface area (Å²) in [6.45, 7) is 11.8. The summed E-state index contributed by atoms with van der Waals surface area (Å²) in [6, 6.07) is 15.5. The fourth-order valence-corrected chi connectivity index (χ4v) is 6.69. The molecule has 44 heavy (non-hydrogen) atoms. The molecule has 0 radical (unpaired) electrons. The number of nitrogen functional groups attached to an aromatic ring is 1. The molecule has 0 spiro atoms. The van der Waals surface area contributed by atoms with Crippen LogP contribution in [-0.4, -0.2) is 45.9 Å². The number of fused-ring (bicyclic) bond motifs is 3. The van der Waals surface area contributed by atoms with Crippen LogP contribution in [0.5, 0.6) is 5.75 Å². The number of nitrogens with zero attached hydrogens (tertiary/aromatic N) is 3. The van der Waals surface area contributed by atoms with Crippen molar-refractivity contribution in [2.45, 2.75) is 85.1 Å². The van der Waals surface area contributed by atoms with E-state index in [-0.39, 0.29) is 19.3 Å². The molecule has 2 aromatic carbocycles. The molecule has 2 aromatic heterocycles. The number of anilines is 1. The van der Waals surface area contributed by atoms with Crippen molar-refractivity contribution in [2.75, 3.05) is 18.9 Å². The van der Waals surface area contributed by atoms with Gasteiger partial charge in [-0.25, -0.2) is 14.5 Å². The standard InChI is InChI=1S/C32H44N5O6P/c1-7-9-19-32(6,21-41-44(39,43-24-15-11-10-12-16-24)36-23(5)31(38)42-22(3)4)37-27(20-40-8-2)35-28-29(37)25-17-13-14-18-26(25)34-30(28)33/h10-18,22-23H,7-9,19-21H2,1-6H3,(H2,33,34)(H,36,39)/t23-,32?,44+/m0/s1. The molecule has 0 aliphatic carbocycles. The van der Waals surface area contributed by atoms with Gasteiger partial charge in [0.1, 0.15) is 29.7 Å². The van der Waals surface area contributed by atoms with Crippen LogP contribution >= 0.6 is 7.75 Å². The van der Waals surface area contributed by atoms with Crippen molar-refractivity contribution in [2.24, 2.45) is 0 Å². The van der Waals surface area contributed by atoms with Crippen LogP contribution in [0.1, 0.15) is 66.6 Å². The highest BCUT2D eigenvalue weighted by Gasteiger charge is 2.39. The number of esters is 1. The van der Waals surface area contributed by atoms with Crippen molar-refractivity contribution < 1.29 is 27.9 Å². The van der Waals surface area contributed by atoms with Gasteiger partial charge in [-0.2, -0.15) is 5.09 Å². The van der Waals surface area contributed by atoms with Crippen molar-refractivity contribution in [3.05, 3.63) is 60.4 Å². The molecule has 4 aromatic rings. The van der Waals surface area contributed by atoms with Crippen molar-refractivity contribution in [1.29, 1.82) is 0 Å². The number of nitrogens with one attached hydrogen (secondary N) is 1. The molecule has 0 fully saturated rings. The maximum atomic E-state index is 14.4. The number of rotatable bonds is 16. The van der Waals surface area contributed by atoms with Gasteiger partial charge in [0.05, 0.1) is 29.3 Å². The Morgan fingerprint density at radius 3 is 2.45 bits per heavy atom. The van der Waals surface area contributed by atoms with Crippen LogP contribution in [0.3, 0.4) is 0 Å². The number of hydrogen-bond donors (Lipinski definition) is 2. The van der Waals surface area contributed by atoms with E-state index in [4.69, 9.17) is 29.2 Å². The molecule has 0 saturated heterocycles. The number of carbonyl (C=O) groups excluding carboxylic acids is 1. The molecule has 3 N–H and O–H groups in total. The Bertz CT molecular complexity index is 1610. The zero-order chi connectivity index (χ0) is 31.9. The zero-order valence-electron chi connectivity index (χ0n) is 26.4. The third-order valence-electron chi connectivity index (χ3n) is 7.21. The molecular weight excluding hydrogens is 581 g/mol. The minimum Gasteiger partial charge on any atom is -0.462 e. The Morgan fingerprint density at radius 2 is 1.77 bits per heavy atom. The predicted molar refractivity (Wildman–Crippen MR) is 172 cm³/mol. The first-order valence-electron chi connectivity index (χ1n) is 15.1. The van der Waals surface area contributed by atoms with Crippen molar-refractivity contribution in [3.8, 4) is 5.75 Å². The van der Waals surface area contributed by atoms with Gasteiger partial charge in [-0.05, 0) is 59.2 Å². The van der Waals surface area contributed by atoms with Gasteiger partial charge in [-0.1, -0.05) is 56.2 Å². The molecule has 0 saturated carbocycles. The van der Waals surface area contributed by atoms with Crippen LogP contribution in [0.2, 0.25) is 0 Å². The van der Waals surface area contributed by atoms with E-state index in [9.17, 15) is 9.36 Å². The second-order valence-corrected chi connectivity index (χ2v) is 13.0. The van der Waals surface area contributed by atoms with Crippen LogP contribution in [0.4, 0.5) is 5.82 Å². The Hall–Kier alpha value is -3.50. The van der Waals surface area contributed by atoms with E-state index in [0.717, 1.165) is 29.3 Å². The smallest absolute Gasteiger partial charge is 0.459 e. The molecule has 4 rings (SSSR count). The van der Waals surface area contributed by atoms with Crippen LogP contribution in [0.25, 0.3) is 21.9 Å². The lowest BCUT2D eigenvalue weighted by atomic mass is 9.94. The first kappa shape index (κ1) is 33.4. The second-order valence-electron chi connectivity index (χ2n) is 11.3. The Labute approximate surface area is 259 Å².